The number of carbonyl (C=O) groups is 2. The van der Waals surface area contributed by atoms with Crippen LogP contribution < -0.4 is 0 Å². The third-order valence-electron chi connectivity index (χ3n) is 7.50. The molecule has 2 aliphatic carbocycles. The first-order valence-corrected chi connectivity index (χ1v) is 13.0. The molecule has 0 bridgehead atoms. The number of nitrogens with zero attached hydrogens (tertiary/aromatic N) is 2. The molecule has 6 heteroatoms. The molecule has 184 valence electrons. The van der Waals surface area contributed by atoms with Crippen molar-refractivity contribution in [1.29, 1.82) is 0 Å². The van der Waals surface area contributed by atoms with Crippen LogP contribution in [-0.2, 0) is 22.6 Å². The number of amides is 2. The fourth-order valence-electron chi connectivity index (χ4n) is 5.30. The van der Waals surface area contributed by atoms with E-state index in [-0.39, 0.29) is 36.1 Å². The van der Waals surface area contributed by atoms with Crippen molar-refractivity contribution in [1.82, 2.24) is 14.8 Å². The monoisotopic (exact) mass is 475 g/mol. The van der Waals surface area contributed by atoms with E-state index in [1.165, 1.54) is 18.6 Å². The smallest absolute Gasteiger partial charge is 0.242 e. The summed E-state index contributed by atoms with van der Waals surface area (Å²) < 4.78 is 13.5. The Hall–Kier alpha value is -3.15. The number of nitrogens with one attached hydrogen (secondary N) is 1. The summed E-state index contributed by atoms with van der Waals surface area (Å²) in [4.78, 5) is 34.0. The fourth-order valence-corrected chi connectivity index (χ4v) is 5.30. The Kier molecular flexibility index (Phi) is 7.16. The Balaban J connectivity index is 1.32. The molecule has 3 aromatic rings. The lowest BCUT2D eigenvalue weighted by atomic mass is 9.88. The topological polar surface area (TPSA) is 56.4 Å². The van der Waals surface area contributed by atoms with Gasteiger partial charge in [0, 0.05) is 42.1 Å². The minimum absolute atomic E-state index is 0.0368. The van der Waals surface area contributed by atoms with Crippen LogP contribution in [0.4, 0.5) is 4.39 Å². The SMILES string of the molecule is O=C(CN(C(=O)C1CCCCC1)C1CC1)N(CCc1c[nH]c2ccccc12)Cc1ccc(F)cc1. The predicted molar refractivity (Wildman–Crippen MR) is 135 cm³/mol. The zero-order chi connectivity index (χ0) is 24.2. The number of fused-ring (bicyclic) bond motifs is 1. The van der Waals surface area contributed by atoms with Gasteiger partial charge in [0.25, 0.3) is 0 Å². The number of aromatic nitrogens is 1. The van der Waals surface area contributed by atoms with Gasteiger partial charge < -0.3 is 14.8 Å². The molecule has 0 spiro atoms. The van der Waals surface area contributed by atoms with Crippen LogP contribution in [0.5, 0.6) is 0 Å². The van der Waals surface area contributed by atoms with E-state index in [1.807, 2.05) is 34.2 Å². The number of halogens is 1. The molecule has 1 N–H and O–H groups in total. The average Bonchev–Trinajstić information content (AvgIpc) is 3.65. The van der Waals surface area contributed by atoms with Crippen LogP contribution in [0.3, 0.4) is 0 Å². The normalized spacial score (nSPS) is 16.4. The van der Waals surface area contributed by atoms with Gasteiger partial charge in [0.15, 0.2) is 0 Å². The van der Waals surface area contributed by atoms with Crippen molar-refractivity contribution in [3.8, 4) is 0 Å². The zero-order valence-electron chi connectivity index (χ0n) is 20.2. The lowest BCUT2D eigenvalue weighted by molar-refractivity contribution is -0.144. The number of rotatable bonds is 9. The van der Waals surface area contributed by atoms with Crippen molar-refractivity contribution in [2.45, 2.75) is 64.0 Å². The largest absolute Gasteiger partial charge is 0.361 e. The van der Waals surface area contributed by atoms with Crippen molar-refractivity contribution in [2.75, 3.05) is 13.1 Å². The summed E-state index contributed by atoms with van der Waals surface area (Å²) in [6.07, 6.45) is 9.97. The molecule has 1 aromatic heterocycles. The van der Waals surface area contributed by atoms with Crippen LogP contribution in [0.1, 0.15) is 56.1 Å². The van der Waals surface area contributed by atoms with Gasteiger partial charge in [-0.05, 0) is 61.4 Å². The van der Waals surface area contributed by atoms with Gasteiger partial charge in [-0.2, -0.15) is 0 Å². The van der Waals surface area contributed by atoms with E-state index in [0.717, 1.165) is 60.6 Å². The predicted octanol–water partition coefficient (Wildman–Crippen LogP) is 5.45. The quantitative estimate of drug-likeness (QED) is 0.447. The average molecular weight is 476 g/mol. The molecular weight excluding hydrogens is 441 g/mol. The Morgan fingerprint density at radius 1 is 0.943 bits per heavy atom. The molecule has 0 atom stereocenters. The third kappa shape index (κ3) is 5.75. The first kappa shape index (κ1) is 23.6. The number of carbonyl (C=O) groups excluding carboxylic acids is 2. The van der Waals surface area contributed by atoms with E-state index in [1.54, 1.807) is 12.1 Å². The van der Waals surface area contributed by atoms with Crippen molar-refractivity contribution >= 4 is 22.7 Å². The fraction of sp³-hybridized carbons (Fsp3) is 0.448. The highest BCUT2D eigenvalue weighted by Crippen LogP contribution is 2.32. The van der Waals surface area contributed by atoms with E-state index in [0.29, 0.717) is 19.5 Å². The number of hydrogen-bond donors (Lipinski definition) is 1. The zero-order valence-corrected chi connectivity index (χ0v) is 20.2. The summed E-state index contributed by atoms with van der Waals surface area (Å²) >= 11 is 0. The van der Waals surface area contributed by atoms with Crippen molar-refractivity contribution in [3.05, 3.63) is 71.7 Å². The van der Waals surface area contributed by atoms with E-state index >= 15 is 0 Å². The molecule has 1 heterocycles. The van der Waals surface area contributed by atoms with Gasteiger partial charge >= 0.3 is 0 Å². The van der Waals surface area contributed by atoms with Crippen molar-refractivity contribution in [3.63, 3.8) is 0 Å². The second-order valence-corrected chi connectivity index (χ2v) is 10.1. The van der Waals surface area contributed by atoms with Crippen molar-refractivity contribution < 1.29 is 14.0 Å². The standard InChI is InChI=1S/C29H34FN3O2/c30-24-12-10-21(11-13-24)19-32(17-16-23-18-31-27-9-5-4-8-26(23)27)28(34)20-33(25-14-15-25)29(35)22-6-2-1-3-7-22/h4-5,8-13,18,22,25,31H,1-3,6-7,14-17,19-20H2. The van der Waals surface area contributed by atoms with Crippen LogP contribution in [-0.4, -0.2) is 45.7 Å². The molecule has 2 aliphatic rings. The first-order chi connectivity index (χ1) is 17.1. The van der Waals surface area contributed by atoms with E-state index < -0.39 is 0 Å². The molecule has 35 heavy (non-hydrogen) atoms. The maximum atomic E-state index is 13.6. The molecular formula is C29H34FN3O2. The summed E-state index contributed by atoms with van der Waals surface area (Å²) in [7, 11) is 0. The first-order valence-electron chi connectivity index (χ1n) is 13.0. The lowest BCUT2D eigenvalue weighted by Crippen LogP contribution is -2.46. The Labute approximate surface area is 206 Å². The minimum atomic E-state index is -0.289. The van der Waals surface area contributed by atoms with Crippen LogP contribution in [0.2, 0.25) is 0 Å². The van der Waals surface area contributed by atoms with Gasteiger partial charge in [0.1, 0.15) is 12.4 Å². The van der Waals surface area contributed by atoms with Gasteiger partial charge in [0.2, 0.25) is 11.8 Å². The molecule has 0 saturated heterocycles. The maximum absolute atomic E-state index is 13.6. The second kappa shape index (κ2) is 10.6. The molecule has 5 rings (SSSR count). The number of aromatic amines is 1. The molecule has 0 unspecified atom stereocenters. The second-order valence-electron chi connectivity index (χ2n) is 10.1. The summed E-state index contributed by atoms with van der Waals surface area (Å²) in [5.74, 6) is -0.0959. The van der Waals surface area contributed by atoms with E-state index in [2.05, 4.69) is 11.1 Å². The van der Waals surface area contributed by atoms with Crippen LogP contribution in [0.15, 0.2) is 54.7 Å². The van der Waals surface area contributed by atoms with Gasteiger partial charge in [-0.25, -0.2) is 4.39 Å². The molecule has 2 fully saturated rings. The van der Waals surface area contributed by atoms with Crippen LogP contribution >= 0.6 is 0 Å². The highest BCUT2D eigenvalue weighted by atomic mass is 19.1. The van der Waals surface area contributed by atoms with Gasteiger partial charge in [-0.15, -0.1) is 0 Å². The number of H-pyrrole nitrogens is 1. The summed E-state index contributed by atoms with van der Waals surface area (Å²) in [6.45, 7) is 1.07. The maximum Gasteiger partial charge on any atom is 0.242 e. The molecule has 2 aromatic carbocycles. The van der Waals surface area contributed by atoms with Gasteiger partial charge in [-0.3, -0.25) is 9.59 Å². The number of hydrogen-bond acceptors (Lipinski definition) is 2. The van der Waals surface area contributed by atoms with E-state index in [9.17, 15) is 14.0 Å². The molecule has 0 radical (unpaired) electrons. The number of para-hydroxylation sites is 1. The molecule has 0 aliphatic heterocycles. The van der Waals surface area contributed by atoms with Gasteiger partial charge in [0.05, 0.1) is 0 Å². The summed E-state index contributed by atoms with van der Waals surface area (Å²) in [6, 6.07) is 14.7. The molecule has 2 saturated carbocycles. The van der Waals surface area contributed by atoms with Crippen LogP contribution in [0.25, 0.3) is 10.9 Å². The summed E-state index contributed by atoms with van der Waals surface area (Å²) in [5.41, 5.74) is 3.13. The Morgan fingerprint density at radius 3 is 2.43 bits per heavy atom. The number of benzene rings is 2. The molecule has 5 nitrogen and oxygen atoms in total. The minimum Gasteiger partial charge on any atom is -0.361 e. The van der Waals surface area contributed by atoms with E-state index in [4.69, 9.17) is 0 Å². The third-order valence-corrected chi connectivity index (χ3v) is 7.50. The highest BCUT2D eigenvalue weighted by Gasteiger charge is 2.37. The summed E-state index contributed by atoms with van der Waals surface area (Å²) in [5, 5.41) is 1.16. The molecule has 2 amide bonds. The lowest BCUT2D eigenvalue weighted by Gasteiger charge is -2.31. The van der Waals surface area contributed by atoms with Gasteiger partial charge in [-0.1, -0.05) is 49.6 Å². The van der Waals surface area contributed by atoms with Crippen LogP contribution in [0, 0.1) is 11.7 Å². The van der Waals surface area contributed by atoms with Crippen molar-refractivity contribution in [2.24, 2.45) is 5.92 Å². The Bertz CT molecular complexity index is 1160. The Morgan fingerprint density at radius 2 is 1.69 bits per heavy atom. The highest BCUT2D eigenvalue weighted by molar-refractivity contribution is 5.87.